The molecule has 2 rings (SSSR count). The van der Waals surface area contributed by atoms with Crippen LogP contribution in [-0.4, -0.2) is 40.6 Å². The minimum Gasteiger partial charge on any atom is -0.480 e. The van der Waals surface area contributed by atoms with Gasteiger partial charge >= 0.3 is 12.0 Å². The largest absolute Gasteiger partial charge is 0.480 e. The molecule has 2 aliphatic carbocycles. The van der Waals surface area contributed by atoms with Gasteiger partial charge in [0.05, 0.1) is 0 Å². The molecule has 2 saturated carbocycles. The molecule has 5 nitrogen and oxygen atoms in total. The maximum absolute atomic E-state index is 12.2. The third-order valence-corrected chi connectivity index (χ3v) is 4.75. The van der Waals surface area contributed by atoms with Crippen LogP contribution in [0.3, 0.4) is 0 Å². The van der Waals surface area contributed by atoms with E-state index in [9.17, 15) is 9.59 Å². The standard InChI is InChI=1S/C15H26N2O3/c1-15(2,3)17(9-13(18)19)14(20)16-8-12-7-10-4-5-11(12)6-10/h10-12H,4-9H2,1-3H3,(H,16,20)(H,18,19). The van der Waals surface area contributed by atoms with Crippen LogP contribution in [0.2, 0.25) is 0 Å². The fourth-order valence-electron chi connectivity index (χ4n) is 3.69. The molecule has 0 aliphatic heterocycles. The van der Waals surface area contributed by atoms with E-state index >= 15 is 0 Å². The zero-order valence-corrected chi connectivity index (χ0v) is 12.7. The first kappa shape index (κ1) is 15.1. The van der Waals surface area contributed by atoms with E-state index in [1.807, 2.05) is 20.8 Å². The second-order valence-corrected chi connectivity index (χ2v) is 7.27. The summed E-state index contributed by atoms with van der Waals surface area (Å²) in [6.07, 6.45) is 5.18. The molecule has 2 fully saturated rings. The Morgan fingerprint density at radius 3 is 2.40 bits per heavy atom. The number of nitrogens with zero attached hydrogens (tertiary/aromatic N) is 1. The minimum atomic E-state index is -0.977. The molecule has 0 heterocycles. The predicted octanol–water partition coefficient (Wildman–Crippen LogP) is 2.32. The van der Waals surface area contributed by atoms with Crippen LogP contribution in [0.1, 0.15) is 46.5 Å². The quantitative estimate of drug-likeness (QED) is 0.831. The number of urea groups is 1. The number of carbonyl (C=O) groups excluding carboxylic acids is 1. The van der Waals surface area contributed by atoms with Gasteiger partial charge in [0.15, 0.2) is 0 Å². The Labute approximate surface area is 120 Å². The van der Waals surface area contributed by atoms with E-state index in [0.717, 1.165) is 11.8 Å². The van der Waals surface area contributed by atoms with Crippen molar-refractivity contribution in [3.05, 3.63) is 0 Å². The third-order valence-electron chi connectivity index (χ3n) is 4.75. The van der Waals surface area contributed by atoms with Crippen molar-refractivity contribution in [3.8, 4) is 0 Å². The first-order valence-corrected chi connectivity index (χ1v) is 7.54. The van der Waals surface area contributed by atoms with Gasteiger partial charge in [-0.3, -0.25) is 4.79 Å². The lowest BCUT2D eigenvalue weighted by atomic mass is 9.89. The van der Waals surface area contributed by atoms with Gasteiger partial charge in [-0.1, -0.05) is 6.42 Å². The second kappa shape index (κ2) is 5.62. The Morgan fingerprint density at radius 1 is 1.25 bits per heavy atom. The van der Waals surface area contributed by atoms with Crippen molar-refractivity contribution in [2.45, 2.75) is 52.0 Å². The Hall–Kier alpha value is -1.26. The van der Waals surface area contributed by atoms with Gasteiger partial charge in [-0.2, -0.15) is 0 Å². The molecule has 5 heteroatoms. The van der Waals surface area contributed by atoms with Crippen LogP contribution in [-0.2, 0) is 4.79 Å². The maximum atomic E-state index is 12.2. The van der Waals surface area contributed by atoms with Crippen LogP contribution >= 0.6 is 0 Å². The number of carbonyl (C=O) groups is 2. The first-order valence-electron chi connectivity index (χ1n) is 7.54. The molecule has 0 saturated heterocycles. The summed E-state index contributed by atoms with van der Waals surface area (Å²) in [5, 5.41) is 11.9. The minimum absolute atomic E-state index is 0.258. The molecular weight excluding hydrogens is 256 g/mol. The SMILES string of the molecule is CC(C)(C)N(CC(=O)O)C(=O)NCC1CC2CCC1C2. The second-order valence-electron chi connectivity index (χ2n) is 7.27. The summed E-state index contributed by atoms with van der Waals surface area (Å²) in [5.74, 6) is 1.24. The average molecular weight is 282 g/mol. The lowest BCUT2D eigenvalue weighted by molar-refractivity contribution is -0.138. The maximum Gasteiger partial charge on any atom is 0.323 e. The number of nitrogens with one attached hydrogen (secondary N) is 1. The predicted molar refractivity (Wildman–Crippen MR) is 76.4 cm³/mol. The van der Waals surface area contributed by atoms with Crippen molar-refractivity contribution >= 4 is 12.0 Å². The summed E-state index contributed by atoms with van der Waals surface area (Å²) >= 11 is 0. The van der Waals surface area contributed by atoms with Crippen molar-refractivity contribution in [1.82, 2.24) is 10.2 Å². The summed E-state index contributed by atoms with van der Waals surface area (Å²) in [5.41, 5.74) is -0.489. The lowest BCUT2D eigenvalue weighted by Gasteiger charge is -2.35. The number of hydrogen-bond acceptors (Lipinski definition) is 2. The molecule has 3 unspecified atom stereocenters. The molecule has 114 valence electrons. The Morgan fingerprint density at radius 2 is 1.95 bits per heavy atom. The van der Waals surface area contributed by atoms with Gasteiger partial charge < -0.3 is 15.3 Å². The Kier molecular flexibility index (Phi) is 4.25. The van der Waals surface area contributed by atoms with E-state index in [2.05, 4.69) is 5.32 Å². The summed E-state index contributed by atoms with van der Waals surface area (Å²) < 4.78 is 0. The molecule has 2 aliphatic rings. The highest BCUT2D eigenvalue weighted by Gasteiger charge is 2.39. The molecule has 3 atom stereocenters. The van der Waals surface area contributed by atoms with Gasteiger partial charge in [0, 0.05) is 12.1 Å². The number of carboxylic acids is 1. The molecule has 2 N–H and O–H groups in total. The number of aliphatic carboxylic acids is 1. The molecule has 20 heavy (non-hydrogen) atoms. The van der Waals surface area contributed by atoms with E-state index in [4.69, 9.17) is 5.11 Å². The van der Waals surface area contributed by atoms with Crippen molar-refractivity contribution in [1.29, 1.82) is 0 Å². The van der Waals surface area contributed by atoms with Gasteiger partial charge in [0.25, 0.3) is 0 Å². The van der Waals surface area contributed by atoms with Crippen LogP contribution < -0.4 is 5.32 Å². The van der Waals surface area contributed by atoms with Gasteiger partial charge in [-0.05, 0) is 57.8 Å². The van der Waals surface area contributed by atoms with E-state index in [0.29, 0.717) is 12.5 Å². The molecule has 2 bridgehead atoms. The van der Waals surface area contributed by atoms with Gasteiger partial charge in [-0.25, -0.2) is 4.79 Å². The topological polar surface area (TPSA) is 69.6 Å². The van der Waals surface area contributed by atoms with Gasteiger partial charge in [-0.15, -0.1) is 0 Å². The number of hydrogen-bond donors (Lipinski definition) is 2. The van der Waals surface area contributed by atoms with Crippen LogP contribution in [0, 0.1) is 17.8 Å². The highest BCUT2D eigenvalue weighted by Crippen LogP contribution is 2.47. The molecular formula is C15H26N2O3. The number of rotatable bonds is 4. The monoisotopic (exact) mass is 282 g/mol. The number of amides is 2. The zero-order valence-electron chi connectivity index (χ0n) is 12.7. The summed E-state index contributed by atoms with van der Waals surface area (Å²) in [6, 6.07) is -0.261. The summed E-state index contributed by atoms with van der Waals surface area (Å²) in [4.78, 5) is 24.5. The Balaban J connectivity index is 1.87. The third kappa shape index (κ3) is 3.44. The van der Waals surface area contributed by atoms with Gasteiger partial charge in [0.2, 0.25) is 0 Å². The molecule has 0 radical (unpaired) electrons. The number of carboxylic acid groups (broad SMARTS) is 1. The first-order chi connectivity index (χ1) is 9.27. The van der Waals surface area contributed by atoms with Crippen molar-refractivity contribution in [2.24, 2.45) is 17.8 Å². The Bertz CT molecular complexity index is 389. The van der Waals surface area contributed by atoms with Crippen LogP contribution in [0.25, 0.3) is 0 Å². The molecule has 0 aromatic carbocycles. The van der Waals surface area contributed by atoms with Crippen LogP contribution in [0.5, 0.6) is 0 Å². The molecule has 0 aromatic heterocycles. The fourth-order valence-corrected chi connectivity index (χ4v) is 3.69. The lowest BCUT2D eigenvalue weighted by Crippen LogP contribution is -2.53. The molecule has 2 amide bonds. The van der Waals surface area contributed by atoms with Crippen molar-refractivity contribution < 1.29 is 14.7 Å². The normalized spacial score (nSPS) is 28.4. The van der Waals surface area contributed by atoms with Crippen LogP contribution in [0.15, 0.2) is 0 Å². The van der Waals surface area contributed by atoms with E-state index < -0.39 is 11.5 Å². The van der Waals surface area contributed by atoms with Crippen LogP contribution in [0.4, 0.5) is 4.79 Å². The highest BCUT2D eigenvalue weighted by molar-refractivity contribution is 5.80. The number of fused-ring (bicyclic) bond motifs is 2. The average Bonchev–Trinajstić information content (AvgIpc) is 2.93. The molecule has 0 aromatic rings. The van der Waals surface area contributed by atoms with E-state index in [1.165, 1.54) is 30.6 Å². The molecule has 0 spiro atoms. The zero-order chi connectivity index (χ0) is 14.9. The van der Waals surface area contributed by atoms with E-state index in [-0.39, 0.29) is 12.6 Å². The smallest absolute Gasteiger partial charge is 0.323 e. The van der Waals surface area contributed by atoms with Crippen molar-refractivity contribution in [2.75, 3.05) is 13.1 Å². The summed E-state index contributed by atoms with van der Waals surface area (Å²) in [6.45, 7) is 5.99. The van der Waals surface area contributed by atoms with E-state index in [1.54, 1.807) is 0 Å². The highest BCUT2D eigenvalue weighted by atomic mass is 16.4. The van der Waals surface area contributed by atoms with Crippen molar-refractivity contribution in [3.63, 3.8) is 0 Å². The fraction of sp³-hybridized carbons (Fsp3) is 0.867. The summed E-state index contributed by atoms with van der Waals surface area (Å²) in [7, 11) is 0. The van der Waals surface area contributed by atoms with Gasteiger partial charge in [0.1, 0.15) is 6.54 Å².